The maximum absolute atomic E-state index is 8.81. The molecule has 1 aliphatic carbocycles. The van der Waals surface area contributed by atoms with Crippen LogP contribution in [0.5, 0.6) is 0 Å². The maximum Gasteiger partial charge on any atom is 0.0446 e. The average molecular weight is 157 g/mol. The quantitative estimate of drug-likeness (QED) is 0.627. The van der Waals surface area contributed by atoms with E-state index >= 15 is 0 Å². The fourth-order valence-corrected chi connectivity index (χ4v) is 1.62. The Balaban J connectivity index is 2.32. The summed E-state index contributed by atoms with van der Waals surface area (Å²) in [5.74, 6) is 0. The van der Waals surface area contributed by atoms with Gasteiger partial charge in [-0.3, -0.25) is 0 Å². The van der Waals surface area contributed by atoms with Crippen molar-refractivity contribution in [2.24, 2.45) is 5.41 Å². The summed E-state index contributed by atoms with van der Waals surface area (Å²) >= 11 is 0. The highest BCUT2D eigenvalue weighted by Gasteiger charge is 2.43. The van der Waals surface area contributed by atoms with Crippen molar-refractivity contribution in [3.63, 3.8) is 0 Å². The molecule has 2 heteroatoms. The van der Waals surface area contributed by atoms with Crippen LogP contribution in [0.3, 0.4) is 0 Å². The van der Waals surface area contributed by atoms with Gasteiger partial charge in [-0.15, -0.1) is 0 Å². The molecule has 0 aliphatic heterocycles. The first-order valence-electron chi connectivity index (χ1n) is 4.57. The van der Waals surface area contributed by atoms with Crippen LogP contribution in [0.25, 0.3) is 0 Å². The summed E-state index contributed by atoms with van der Waals surface area (Å²) in [5.41, 5.74) is 0.499. The Morgan fingerprint density at radius 1 is 1.55 bits per heavy atom. The van der Waals surface area contributed by atoms with Gasteiger partial charge in [0.1, 0.15) is 0 Å². The van der Waals surface area contributed by atoms with E-state index < -0.39 is 0 Å². The molecule has 1 atom stereocenters. The minimum atomic E-state index is 0.313. The lowest BCUT2D eigenvalue weighted by molar-refractivity contribution is 0.234. The number of aliphatic hydroxyl groups excluding tert-OH is 1. The lowest BCUT2D eigenvalue weighted by atomic mass is 9.96. The fraction of sp³-hybridized carbons (Fsp3) is 1.00. The van der Waals surface area contributed by atoms with Crippen LogP contribution in [0.2, 0.25) is 0 Å². The summed E-state index contributed by atoms with van der Waals surface area (Å²) in [4.78, 5) is 0. The van der Waals surface area contributed by atoms with Crippen LogP contribution in [0.15, 0.2) is 0 Å². The number of hydrogen-bond acceptors (Lipinski definition) is 2. The highest BCUT2D eigenvalue weighted by atomic mass is 16.3. The molecule has 2 N–H and O–H groups in total. The summed E-state index contributed by atoms with van der Waals surface area (Å²) < 4.78 is 0. The van der Waals surface area contributed by atoms with Crippen molar-refractivity contribution >= 4 is 0 Å². The highest BCUT2D eigenvalue weighted by molar-refractivity contribution is 4.98. The van der Waals surface area contributed by atoms with Crippen molar-refractivity contribution < 1.29 is 5.11 Å². The molecule has 0 aromatic rings. The SMILES string of the molecule is CCNC(CCO)C1(C)CC1. The van der Waals surface area contributed by atoms with Crippen molar-refractivity contribution in [3.8, 4) is 0 Å². The first-order valence-corrected chi connectivity index (χ1v) is 4.57. The minimum Gasteiger partial charge on any atom is -0.396 e. The zero-order valence-corrected chi connectivity index (χ0v) is 7.56. The van der Waals surface area contributed by atoms with E-state index in [9.17, 15) is 0 Å². The van der Waals surface area contributed by atoms with Gasteiger partial charge in [0.05, 0.1) is 0 Å². The van der Waals surface area contributed by atoms with Crippen molar-refractivity contribution in [3.05, 3.63) is 0 Å². The van der Waals surface area contributed by atoms with E-state index in [2.05, 4.69) is 19.2 Å². The van der Waals surface area contributed by atoms with Gasteiger partial charge < -0.3 is 10.4 Å². The van der Waals surface area contributed by atoms with Crippen LogP contribution in [0, 0.1) is 5.41 Å². The van der Waals surface area contributed by atoms with E-state index in [1.807, 2.05) is 0 Å². The lowest BCUT2D eigenvalue weighted by Crippen LogP contribution is -2.36. The molecule has 0 aromatic carbocycles. The maximum atomic E-state index is 8.81. The van der Waals surface area contributed by atoms with Gasteiger partial charge in [0, 0.05) is 12.6 Å². The van der Waals surface area contributed by atoms with Gasteiger partial charge in [-0.2, -0.15) is 0 Å². The molecule has 1 unspecified atom stereocenters. The van der Waals surface area contributed by atoms with Crippen LogP contribution >= 0.6 is 0 Å². The molecule has 0 radical (unpaired) electrons. The van der Waals surface area contributed by atoms with E-state index in [4.69, 9.17) is 5.11 Å². The third kappa shape index (κ3) is 2.17. The van der Waals surface area contributed by atoms with Gasteiger partial charge in [0.25, 0.3) is 0 Å². The van der Waals surface area contributed by atoms with Gasteiger partial charge >= 0.3 is 0 Å². The molecular formula is C9H19NO. The van der Waals surface area contributed by atoms with Crippen LogP contribution in [-0.2, 0) is 0 Å². The average Bonchev–Trinajstić information content (AvgIpc) is 2.69. The second kappa shape index (κ2) is 3.55. The van der Waals surface area contributed by atoms with Crippen molar-refractivity contribution in [2.75, 3.05) is 13.2 Å². The molecule has 0 heterocycles. The Morgan fingerprint density at radius 3 is 2.55 bits per heavy atom. The third-order valence-electron chi connectivity index (χ3n) is 2.75. The molecule has 2 nitrogen and oxygen atoms in total. The molecule has 0 amide bonds. The zero-order chi connectivity index (χ0) is 8.32. The molecule has 1 rings (SSSR count). The summed E-state index contributed by atoms with van der Waals surface area (Å²) in [6.07, 6.45) is 3.56. The first-order chi connectivity index (χ1) is 5.23. The molecule has 66 valence electrons. The van der Waals surface area contributed by atoms with Crippen LogP contribution in [0.4, 0.5) is 0 Å². The molecule has 0 saturated heterocycles. The number of nitrogens with one attached hydrogen (secondary N) is 1. The Morgan fingerprint density at radius 2 is 2.18 bits per heavy atom. The van der Waals surface area contributed by atoms with E-state index in [1.165, 1.54) is 12.8 Å². The number of hydrogen-bond donors (Lipinski definition) is 2. The topological polar surface area (TPSA) is 32.3 Å². The van der Waals surface area contributed by atoms with Crippen molar-refractivity contribution in [2.45, 2.75) is 39.2 Å². The molecular weight excluding hydrogens is 138 g/mol. The smallest absolute Gasteiger partial charge is 0.0446 e. The molecule has 1 aliphatic rings. The molecule has 11 heavy (non-hydrogen) atoms. The Kier molecular flexibility index (Phi) is 2.90. The third-order valence-corrected chi connectivity index (χ3v) is 2.75. The Labute approximate surface area is 69.0 Å². The molecule has 0 aromatic heterocycles. The highest BCUT2D eigenvalue weighted by Crippen LogP contribution is 2.48. The van der Waals surface area contributed by atoms with Crippen LogP contribution in [0.1, 0.15) is 33.1 Å². The predicted molar refractivity (Wildman–Crippen MR) is 46.5 cm³/mol. The van der Waals surface area contributed by atoms with E-state index in [0.29, 0.717) is 18.1 Å². The monoisotopic (exact) mass is 157 g/mol. The number of rotatable bonds is 5. The molecule has 0 bridgehead atoms. The standard InChI is InChI=1S/C9H19NO/c1-3-10-8(4-7-11)9(2)5-6-9/h8,10-11H,3-7H2,1-2H3. The van der Waals surface area contributed by atoms with Crippen LogP contribution in [-0.4, -0.2) is 24.3 Å². The van der Waals surface area contributed by atoms with E-state index in [1.54, 1.807) is 0 Å². The van der Waals surface area contributed by atoms with Gasteiger partial charge in [-0.25, -0.2) is 0 Å². The fourth-order valence-electron chi connectivity index (χ4n) is 1.62. The van der Waals surface area contributed by atoms with Gasteiger partial charge in [0.15, 0.2) is 0 Å². The summed E-state index contributed by atoms with van der Waals surface area (Å²) in [7, 11) is 0. The van der Waals surface area contributed by atoms with Gasteiger partial charge in [-0.05, 0) is 31.2 Å². The largest absolute Gasteiger partial charge is 0.396 e. The summed E-state index contributed by atoms with van der Waals surface area (Å²) in [6.45, 7) is 5.75. The second-order valence-electron chi connectivity index (χ2n) is 3.78. The van der Waals surface area contributed by atoms with E-state index in [0.717, 1.165) is 13.0 Å². The summed E-state index contributed by atoms with van der Waals surface area (Å²) in [5, 5.41) is 12.2. The molecule has 1 saturated carbocycles. The summed E-state index contributed by atoms with van der Waals surface area (Å²) in [6, 6.07) is 0.539. The minimum absolute atomic E-state index is 0.313. The van der Waals surface area contributed by atoms with Gasteiger partial charge in [0.2, 0.25) is 0 Å². The zero-order valence-electron chi connectivity index (χ0n) is 7.56. The normalized spacial score (nSPS) is 23.2. The number of aliphatic hydroxyl groups is 1. The Bertz CT molecular complexity index is 115. The van der Waals surface area contributed by atoms with Gasteiger partial charge in [-0.1, -0.05) is 13.8 Å². The molecule has 0 spiro atoms. The van der Waals surface area contributed by atoms with Crippen LogP contribution < -0.4 is 5.32 Å². The Hall–Kier alpha value is -0.0800. The lowest BCUT2D eigenvalue weighted by Gasteiger charge is -2.23. The van der Waals surface area contributed by atoms with E-state index in [-0.39, 0.29) is 0 Å². The molecule has 1 fully saturated rings. The first kappa shape index (κ1) is 9.01. The van der Waals surface area contributed by atoms with Crippen molar-refractivity contribution in [1.82, 2.24) is 5.32 Å². The second-order valence-corrected chi connectivity index (χ2v) is 3.78. The predicted octanol–water partition coefficient (Wildman–Crippen LogP) is 1.15. The van der Waals surface area contributed by atoms with Crippen molar-refractivity contribution in [1.29, 1.82) is 0 Å².